The third kappa shape index (κ3) is 2.98. The molecular weight excluding hydrogens is 196 g/mol. The van der Waals surface area contributed by atoms with Gasteiger partial charge in [0.2, 0.25) is 0 Å². The summed E-state index contributed by atoms with van der Waals surface area (Å²) in [5.41, 5.74) is 0.307. The quantitative estimate of drug-likeness (QED) is 0.776. The van der Waals surface area contributed by atoms with E-state index in [0.717, 1.165) is 18.5 Å². The molecule has 2 heteroatoms. The standard InChI is InChI=1S/C14H28N2/c1-12(13-7-5-4-6-8-13)16-10-9-15-14(2,3)11-16/h12-13,15H,4-11H2,1-3H3. The first-order chi connectivity index (χ1) is 7.58. The van der Waals surface area contributed by atoms with Crippen molar-refractivity contribution in [3.8, 4) is 0 Å². The highest BCUT2D eigenvalue weighted by atomic mass is 15.2. The second-order valence-corrected chi connectivity index (χ2v) is 6.42. The predicted molar refractivity (Wildman–Crippen MR) is 69.7 cm³/mol. The highest BCUT2D eigenvalue weighted by Gasteiger charge is 2.31. The fraction of sp³-hybridized carbons (Fsp3) is 1.00. The molecule has 16 heavy (non-hydrogen) atoms. The third-order valence-electron chi connectivity index (χ3n) is 4.51. The normalized spacial score (nSPS) is 30.2. The Hall–Kier alpha value is -0.0800. The van der Waals surface area contributed by atoms with Crippen molar-refractivity contribution >= 4 is 0 Å². The lowest BCUT2D eigenvalue weighted by atomic mass is 9.83. The number of rotatable bonds is 2. The van der Waals surface area contributed by atoms with Gasteiger partial charge >= 0.3 is 0 Å². The molecule has 1 saturated carbocycles. The van der Waals surface area contributed by atoms with Gasteiger partial charge in [0.15, 0.2) is 0 Å². The first-order valence-electron chi connectivity index (χ1n) is 7.07. The molecule has 1 saturated heterocycles. The minimum absolute atomic E-state index is 0.307. The molecule has 0 bridgehead atoms. The van der Waals surface area contributed by atoms with Gasteiger partial charge in [0.25, 0.3) is 0 Å². The molecule has 2 aliphatic rings. The number of piperazine rings is 1. The van der Waals surface area contributed by atoms with Crippen LogP contribution in [0.15, 0.2) is 0 Å². The van der Waals surface area contributed by atoms with Crippen molar-refractivity contribution in [1.29, 1.82) is 0 Å². The van der Waals surface area contributed by atoms with Gasteiger partial charge in [0, 0.05) is 31.2 Å². The van der Waals surface area contributed by atoms with Crippen LogP contribution in [0.5, 0.6) is 0 Å². The van der Waals surface area contributed by atoms with Gasteiger partial charge < -0.3 is 5.32 Å². The van der Waals surface area contributed by atoms with Crippen LogP contribution in [-0.2, 0) is 0 Å². The van der Waals surface area contributed by atoms with E-state index < -0.39 is 0 Å². The SMILES string of the molecule is CC(C1CCCCC1)N1CCNC(C)(C)C1. The Kier molecular flexibility index (Phi) is 3.91. The van der Waals surface area contributed by atoms with E-state index in [2.05, 4.69) is 31.0 Å². The van der Waals surface area contributed by atoms with Gasteiger partial charge in [-0.2, -0.15) is 0 Å². The maximum atomic E-state index is 3.60. The lowest BCUT2D eigenvalue weighted by Crippen LogP contribution is -2.60. The summed E-state index contributed by atoms with van der Waals surface area (Å²) in [6.07, 6.45) is 7.32. The van der Waals surface area contributed by atoms with Crippen molar-refractivity contribution in [2.45, 2.75) is 64.5 Å². The van der Waals surface area contributed by atoms with Crippen LogP contribution in [0, 0.1) is 5.92 Å². The molecule has 0 aromatic rings. The van der Waals surface area contributed by atoms with E-state index in [9.17, 15) is 0 Å². The van der Waals surface area contributed by atoms with E-state index in [1.54, 1.807) is 0 Å². The molecule has 2 fully saturated rings. The zero-order valence-electron chi connectivity index (χ0n) is 11.3. The molecule has 94 valence electrons. The Labute approximate surface area is 101 Å². The smallest absolute Gasteiger partial charge is 0.0252 e. The van der Waals surface area contributed by atoms with E-state index in [4.69, 9.17) is 0 Å². The zero-order valence-corrected chi connectivity index (χ0v) is 11.3. The van der Waals surface area contributed by atoms with E-state index >= 15 is 0 Å². The molecule has 1 atom stereocenters. The lowest BCUT2D eigenvalue weighted by Gasteiger charge is -2.45. The lowest BCUT2D eigenvalue weighted by molar-refractivity contribution is 0.0734. The zero-order chi connectivity index (χ0) is 11.6. The van der Waals surface area contributed by atoms with Crippen LogP contribution in [0.25, 0.3) is 0 Å². The molecule has 2 rings (SSSR count). The Balaban J connectivity index is 1.90. The van der Waals surface area contributed by atoms with Gasteiger partial charge in [-0.25, -0.2) is 0 Å². The minimum Gasteiger partial charge on any atom is -0.309 e. The first kappa shape index (κ1) is 12.4. The summed E-state index contributed by atoms with van der Waals surface area (Å²) in [6.45, 7) is 10.7. The third-order valence-corrected chi connectivity index (χ3v) is 4.51. The Morgan fingerprint density at radius 1 is 1.19 bits per heavy atom. The van der Waals surface area contributed by atoms with Crippen molar-refractivity contribution < 1.29 is 0 Å². The van der Waals surface area contributed by atoms with Crippen LogP contribution in [0.1, 0.15) is 52.9 Å². The number of nitrogens with one attached hydrogen (secondary N) is 1. The van der Waals surface area contributed by atoms with E-state index in [-0.39, 0.29) is 0 Å². The largest absolute Gasteiger partial charge is 0.309 e. The maximum Gasteiger partial charge on any atom is 0.0252 e. The second-order valence-electron chi connectivity index (χ2n) is 6.42. The number of nitrogens with zero attached hydrogens (tertiary/aromatic N) is 1. The highest BCUT2D eigenvalue weighted by molar-refractivity contribution is 4.90. The minimum atomic E-state index is 0.307. The van der Waals surface area contributed by atoms with Crippen LogP contribution in [0.2, 0.25) is 0 Å². The van der Waals surface area contributed by atoms with Crippen molar-refractivity contribution in [1.82, 2.24) is 10.2 Å². The van der Waals surface area contributed by atoms with Crippen LogP contribution in [0.4, 0.5) is 0 Å². The van der Waals surface area contributed by atoms with E-state index in [1.165, 1.54) is 45.2 Å². The summed E-state index contributed by atoms with van der Waals surface area (Å²) in [6, 6.07) is 0.793. The fourth-order valence-corrected chi connectivity index (χ4v) is 3.44. The molecule has 2 nitrogen and oxygen atoms in total. The van der Waals surface area contributed by atoms with Gasteiger partial charge in [0.1, 0.15) is 0 Å². The number of hydrogen-bond acceptors (Lipinski definition) is 2. The van der Waals surface area contributed by atoms with Crippen LogP contribution >= 0.6 is 0 Å². The van der Waals surface area contributed by atoms with Crippen molar-refractivity contribution in [3.05, 3.63) is 0 Å². The average Bonchev–Trinajstić information content (AvgIpc) is 2.28. The fourth-order valence-electron chi connectivity index (χ4n) is 3.44. The van der Waals surface area contributed by atoms with Crippen molar-refractivity contribution in [2.75, 3.05) is 19.6 Å². The highest BCUT2D eigenvalue weighted by Crippen LogP contribution is 2.29. The van der Waals surface area contributed by atoms with Crippen LogP contribution in [-0.4, -0.2) is 36.1 Å². The Morgan fingerprint density at radius 2 is 1.88 bits per heavy atom. The van der Waals surface area contributed by atoms with Crippen molar-refractivity contribution in [2.24, 2.45) is 5.92 Å². The molecule has 1 N–H and O–H groups in total. The summed E-state index contributed by atoms with van der Waals surface area (Å²) in [7, 11) is 0. The Morgan fingerprint density at radius 3 is 2.50 bits per heavy atom. The monoisotopic (exact) mass is 224 g/mol. The molecule has 1 aliphatic carbocycles. The summed E-state index contributed by atoms with van der Waals surface area (Å²) >= 11 is 0. The molecule has 1 aliphatic heterocycles. The second kappa shape index (κ2) is 5.05. The topological polar surface area (TPSA) is 15.3 Å². The average molecular weight is 224 g/mol. The van der Waals surface area contributed by atoms with E-state index in [0.29, 0.717) is 5.54 Å². The Bertz CT molecular complexity index is 219. The van der Waals surface area contributed by atoms with E-state index in [1.807, 2.05) is 0 Å². The summed E-state index contributed by atoms with van der Waals surface area (Å²) in [4.78, 5) is 2.71. The number of hydrogen-bond donors (Lipinski definition) is 1. The first-order valence-corrected chi connectivity index (χ1v) is 7.07. The van der Waals surface area contributed by atoms with Gasteiger partial charge in [-0.1, -0.05) is 19.3 Å². The molecular formula is C14H28N2. The van der Waals surface area contributed by atoms with Crippen molar-refractivity contribution in [3.63, 3.8) is 0 Å². The molecule has 0 aromatic carbocycles. The summed E-state index contributed by atoms with van der Waals surface area (Å²) < 4.78 is 0. The molecule has 0 spiro atoms. The van der Waals surface area contributed by atoms with Gasteiger partial charge in [0.05, 0.1) is 0 Å². The summed E-state index contributed by atoms with van der Waals surface area (Å²) in [5, 5.41) is 3.60. The molecule has 0 amide bonds. The van der Waals surface area contributed by atoms with Gasteiger partial charge in [-0.15, -0.1) is 0 Å². The molecule has 0 aromatic heterocycles. The predicted octanol–water partition coefficient (Wildman–Crippen LogP) is 2.64. The van der Waals surface area contributed by atoms with Gasteiger partial charge in [-0.3, -0.25) is 4.90 Å². The molecule has 1 unspecified atom stereocenters. The maximum absolute atomic E-state index is 3.60. The van der Waals surface area contributed by atoms with Crippen LogP contribution in [0.3, 0.4) is 0 Å². The molecule has 1 heterocycles. The van der Waals surface area contributed by atoms with Crippen LogP contribution < -0.4 is 5.32 Å². The van der Waals surface area contributed by atoms with Gasteiger partial charge in [-0.05, 0) is 39.5 Å². The molecule has 0 radical (unpaired) electrons. The summed E-state index contributed by atoms with van der Waals surface area (Å²) in [5.74, 6) is 0.961.